The molecule has 3 aromatic rings. The summed E-state index contributed by atoms with van der Waals surface area (Å²) >= 11 is 0. The van der Waals surface area contributed by atoms with Crippen LogP contribution in [-0.2, 0) is 16.1 Å². The average Bonchev–Trinajstić information content (AvgIpc) is 3.37. The molecule has 0 aliphatic rings. The zero-order valence-electron chi connectivity index (χ0n) is 19.3. The predicted molar refractivity (Wildman–Crippen MR) is 127 cm³/mol. The van der Waals surface area contributed by atoms with Crippen LogP contribution < -0.4 is 4.74 Å². The van der Waals surface area contributed by atoms with Crippen molar-refractivity contribution >= 4 is 11.9 Å². The molecule has 0 spiro atoms. The van der Waals surface area contributed by atoms with Crippen LogP contribution in [0, 0.1) is 0 Å². The van der Waals surface area contributed by atoms with Gasteiger partial charge in [-0.15, -0.1) is 0 Å². The van der Waals surface area contributed by atoms with Crippen LogP contribution in [0.5, 0.6) is 5.75 Å². The zero-order valence-corrected chi connectivity index (χ0v) is 19.3. The number of carbonyl (C=O) groups is 2. The van der Waals surface area contributed by atoms with E-state index in [9.17, 15) is 9.59 Å². The van der Waals surface area contributed by atoms with Gasteiger partial charge in [0.15, 0.2) is 0 Å². The molecule has 0 fully saturated rings. The maximum atomic E-state index is 12.8. The van der Waals surface area contributed by atoms with Gasteiger partial charge in [0.1, 0.15) is 11.5 Å². The number of hydrogen-bond donors (Lipinski definition) is 0. The fraction of sp³-hybridized carbons (Fsp3) is 0.333. The van der Waals surface area contributed by atoms with Crippen molar-refractivity contribution < 1.29 is 23.5 Å². The number of nitrogens with zero attached hydrogens (tertiary/aromatic N) is 1. The number of rotatable bonds is 12. The molecule has 0 aliphatic heterocycles. The van der Waals surface area contributed by atoms with E-state index < -0.39 is 0 Å². The van der Waals surface area contributed by atoms with E-state index in [0.29, 0.717) is 31.7 Å². The van der Waals surface area contributed by atoms with Gasteiger partial charge in [0.2, 0.25) is 0 Å². The van der Waals surface area contributed by atoms with Crippen molar-refractivity contribution in [1.82, 2.24) is 4.90 Å². The summed E-state index contributed by atoms with van der Waals surface area (Å²) in [5.41, 5.74) is 2.60. The van der Waals surface area contributed by atoms with Crippen LogP contribution >= 0.6 is 0 Å². The lowest BCUT2D eigenvalue weighted by molar-refractivity contribution is -0.143. The molecule has 3 rings (SSSR count). The lowest BCUT2D eigenvalue weighted by Gasteiger charge is -2.18. The second-order valence-corrected chi connectivity index (χ2v) is 7.82. The predicted octanol–water partition coefficient (Wildman–Crippen LogP) is 5.72. The van der Waals surface area contributed by atoms with E-state index in [1.165, 1.54) is 0 Å². The van der Waals surface area contributed by atoms with Crippen LogP contribution in [0.15, 0.2) is 71.3 Å². The van der Waals surface area contributed by atoms with Gasteiger partial charge in [0.05, 0.1) is 19.5 Å². The SMILES string of the molecule is CCOC(=O)CCCCCOc1ccc(CN(C)C(=O)c2ccc(-c3ccco3)cc2)cc1. The van der Waals surface area contributed by atoms with Crippen molar-refractivity contribution in [3.63, 3.8) is 0 Å². The largest absolute Gasteiger partial charge is 0.494 e. The fourth-order valence-electron chi connectivity index (χ4n) is 3.45. The molecule has 0 atom stereocenters. The topological polar surface area (TPSA) is 69.0 Å². The Bertz CT molecular complexity index is 994. The van der Waals surface area contributed by atoms with Gasteiger partial charge in [-0.25, -0.2) is 0 Å². The van der Waals surface area contributed by atoms with Gasteiger partial charge in [0, 0.05) is 31.1 Å². The molecule has 1 aromatic heterocycles. The Morgan fingerprint density at radius 3 is 2.36 bits per heavy atom. The summed E-state index contributed by atoms with van der Waals surface area (Å²) in [5, 5.41) is 0. The second-order valence-electron chi connectivity index (χ2n) is 7.82. The van der Waals surface area contributed by atoms with E-state index in [-0.39, 0.29) is 11.9 Å². The number of esters is 1. The molecule has 1 heterocycles. The lowest BCUT2D eigenvalue weighted by Crippen LogP contribution is -2.26. The molecular formula is C27H31NO5. The molecule has 0 radical (unpaired) electrons. The number of amides is 1. The molecule has 0 saturated carbocycles. The molecule has 0 N–H and O–H groups in total. The Labute approximate surface area is 195 Å². The highest BCUT2D eigenvalue weighted by atomic mass is 16.5. The van der Waals surface area contributed by atoms with Crippen LogP contribution in [-0.4, -0.2) is 37.0 Å². The highest BCUT2D eigenvalue weighted by molar-refractivity contribution is 5.94. The van der Waals surface area contributed by atoms with Crippen LogP contribution in [0.1, 0.15) is 48.5 Å². The molecule has 174 valence electrons. The van der Waals surface area contributed by atoms with Gasteiger partial charge in [-0.3, -0.25) is 9.59 Å². The van der Waals surface area contributed by atoms with E-state index in [1.54, 1.807) is 18.2 Å². The third-order valence-electron chi connectivity index (χ3n) is 5.23. The van der Waals surface area contributed by atoms with Crippen molar-refractivity contribution in [1.29, 1.82) is 0 Å². The fourth-order valence-corrected chi connectivity index (χ4v) is 3.45. The van der Waals surface area contributed by atoms with Gasteiger partial charge in [-0.2, -0.15) is 0 Å². The minimum atomic E-state index is -0.136. The molecule has 1 amide bonds. The molecule has 33 heavy (non-hydrogen) atoms. The first-order valence-corrected chi connectivity index (χ1v) is 11.3. The van der Waals surface area contributed by atoms with Crippen LogP contribution in [0.4, 0.5) is 0 Å². The van der Waals surface area contributed by atoms with E-state index >= 15 is 0 Å². The van der Waals surface area contributed by atoms with E-state index in [4.69, 9.17) is 13.9 Å². The number of ether oxygens (including phenoxy) is 2. The van der Waals surface area contributed by atoms with Crippen LogP contribution in [0.3, 0.4) is 0 Å². The van der Waals surface area contributed by atoms with Crippen molar-refractivity contribution in [2.45, 2.75) is 39.2 Å². The number of furan rings is 1. The van der Waals surface area contributed by atoms with Crippen molar-refractivity contribution in [2.75, 3.05) is 20.3 Å². The van der Waals surface area contributed by atoms with Gasteiger partial charge in [-0.1, -0.05) is 24.3 Å². The summed E-state index contributed by atoms with van der Waals surface area (Å²) in [7, 11) is 1.80. The summed E-state index contributed by atoms with van der Waals surface area (Å²) < 4.78 is 16.1. The summed E-state index contributed by atoms with van der Waals surface area (Å²) in [6.07, 6.45) is 4.71. The summed E-state index contributed by atoms with van der Waals surface area (Å²) in [6.45, 7) is 3.36. The van der Waals surface area contributed by atoms with E-state index in [1.807, 2.05) is 67.6 Å². The van der Waals surface area contributed by atoms with E-state index in [0.717, 1.165) is 41.9 Å². The maximum absolute atomic E-state index is 12.8. The van der Waals surface area contributed by atoms with Crippen molar-refractivity contribution in [3.05, 3.63) is 78.1 Å². The third kappa shape index (κ3) is 7.52. The van der Waals surface area contributed by atoms with Gasteiger partial charge in [0.25, 0.3) is 5.91 Å². The molecular weight excluding hydrogens is 418 g/mol. The maximum Gasteiger partial charge on any atom is 0.305 e. The molecule has 0 bridgehead atoms. The summed E-state index contributed by atoms with van der Waals surface area (Å²) in [5.74, 6) is 1.40. The highest BCUT2D eigenvalue weighted by Gasteiger charge is 2.13. The first-order chi connectivity index (χ1) is 16.1. The quantitative estimate of drug-likeness (QED) is 0.261. The zero-order chi connectivity index (χ0) is 23.5. The minimum absolute atomic E-state index is 0.0378. The molecule has 0 saturated heterocycles. The highest BCUT2D eigenvalue weighted by Crippen LogP contribution is 2.21. The van der Waals surface area contributed by atoms with Gasteiger partial charge in [-0.05, 0) is 68.1 Å². The number of benzene rings is 2. The second kappa shape index (κ2) is 12.5. The van der Waals surface area contributed by atoms with Gasteiger partial charge >= 0.3 is 5.97 Å². The van der Waals surface area contributed by atoms with Crippen LogP contribution in [0.25, 0.3) is 11.3 Å². The Balaban J connectivity index is 1.40. The Morgan fingerprint density at radius 2 is 1.70 bits per heavy atom. The first-order valence-electron chi connectivity index (χ1n) is 11.3. The Morgan fingerprint density at radius 1 is 0.939 bits per heavy atom. The van der Waals surface area contributed by atoms with Crippen molar-refractivity contribution in [2.24, 2.45) is 0 Å². The number of unbranched alkanes of at least 4 members (excludes halogenated alkanes) is 2. The number of hydrogen-bond acceptors (Lipinski definition) is 5. The van der Waals surface area contributed by atoms with Crippen LogP contribution in [0.2, 0.25) is 0 Å². The Hall–Kier alpha value is -3.54. The molecule has 6 heteroatoms. The minimum Gasteiger partial charge on any atom is -0.494 e. The smallest absolute Gasteiger partial charge is 0.305 e. The lowest BCUT2D eigenvalue weighted by atomic mass is 10.1. The van der Waals surface area contributed by atoms with Gasteiger partial charge < -0.3 is 18.8 Å². The monoisotopic (exact) mass is 449 g/mol. The third-order valence-corrected chi connectivity index (χ3v) is 5.23. The first kappa shape index (κ1) is 24.1. The summed E-state index contributed by atoms with van der Waals surface area (Å²) in [6, 6.07) is 18.9. The Kier molecular flexibility index (Phi) is 9.12. The molecule has 6 nitrogen and oxygen atoms in total. The number of carbonyl (C=O) groups excluding carboxylic acids is 2. The average molecular weight is 450 g/mol. The molecule has 0 unspecified atom stereocenters. The standard InChI is InChI=1S/C27H31NO5/c1-3-31-26(29)9-5-4-6-18-32-24-16-10-21(11-17-24)20-28(2)27(30)23-14-12-22(13-15-23)25-8-7-19-33-25/h7-8,10-17,19H,3-6,9,18,20H2,1-2H3. The summed E-state index contributed by atoms with van der Waals surface area (Å²) in [4.78, 5) is 25.8. The normalized spacial score (nSPS) is 10.6. The molecule has 2 aromatic carbocycles. The molecule has 0 aliphatic carbocycles. The van der Waals surface area contributed by atoms with E-state index in [2.05, 4.69) is 0 Å². The van der Waals surface area contributed by atoms with Crippen molar-refractivity contribution in [3.8, 4) is 17.1 Å².